The maximum atomic E-state index is 6.11. The molecule has 1 saturated heterocycles. The van der Waals surface area contributed by atoms with E-state index in [1.54, 1.807) is 0 Å². The van der Waals surface area contributed by atoms with E-state index in [-0.39, 0.29) is 11.2 Å². The van der Waals surface area contributed by atoms with Gasteiger partial charge in [-0.05, 0) is 41.5 Å². The minimum Gasteiger partial charge on any atom is -0.388 e. The molecule has 0 N–H and O–H groups in total. The van der Waals surface area contributed by atoms with Crippen LogP contribution in [0.25, 0.3) is 0 Å². The van der Waals surface area contributed by atoms with E-state index in [1.165, 1.54) is 0 Å². The topological polar surface area (TPSA) is 30.9 Å². The Kier molecular flexibility index (Phi) is 5.80. The van der Waals surface area contributed by atoms with Crippen molar-refractivity contribution >= 4 is 9.28 Å². The fraction of sp³-hybridized carbons (Fsp3) is 1.00. The Morgan fingerprint density at radius 2 is 1.39 bits per heavy atom. The van der Waals surface area contributed by atoms with E-state index in [9.17, 15) is 0 Å². The van der Waals surface area contributed by atoms with E-state index in [2.05, 4.69) is 46.4 Å². The molecule has 1 aliphatic heterocycles. The van der Waals surface area contributed by atoms with Gasteiger partial charge in [0.15, 0.2) is 0 Å². The Hall–Kier alpha value is 0.0569. The molecule has 0 amide bonds. The summed E-state index contributed by atoms with van der Waals surface area (Å²) in [7, 11) is -1.29. The van der Waals surface area contributed by atoms with Gasteiger partial charge in [0.25, 0.3) is 0 Å². The van der Waals surface area contributed by atoms with Crippen LogP contribution in [0.4, 0.5) is 0 Å². The molecule has 1 fully saturated rings. The molecular formula is C13H28NO3Si. The molecule has 0 aromatic heterocycles. The summed E-state index contributed by atoms with van der Waals surface area (Å²) in [6.07, 6.45) is 0.905. The summed E-state index contributed by atoms with van der Waals surface area (Å²) in [4.78, 5) is 2.38. The SMILES string of the molecule is CC(C)(C)O[Si](CN1CCOCC1)OC(C)(C)C. The van der Waals surface area contributed by atoms with Crippen LogP contribution in [-0.2, 0) is 13.6 Å². The lowest BCUT2D eigenvalue weighted by Crippen LogP contribution is -2.49. The normalized spacial score (nSPS) is 19.5. The first-order valence-corrected chi connectivity index (χ1v) is 8.22. The van der Waals surface area contributed by atoms with Gasteiger partial charge in [-0.1, -0.05) is 0 Å². The van der Waals surface area contributed by atoms with Gasteiger partial charge in [0.05, 0.1) is 24.4 Å². The molecule has 0 unspecified atom stereocenters. The van der Waals surface area contributed by atoms with Crippen LogP contribution in [0.1, 0.15) is 41.5 Å². The Labute approximate surface area is 113 Å². The van der Waals surface area contributed by atoms with Gasteiger partial charge < -0.3 is 13.6 Å². The summed E-state index contributed by atoms with van der Waals surface area (Å²) in [5.74, 6) is 0. The van der Waals surface area contributed by atoms with Gasteiger partial charge in [0, 0.05) is 19.3 Å². The first kappa shape index (κ1) is 16.1. The maximum absolute atomic E-state index is 6.11. The van der Waals surface area contributed by atoms with E-state index in [1.807, 2.05) is 0 Å². The number of ether oxygens (including phenoxy) is 1. The fourth-order valence-corrected chi connectivity index (χ4v) is 3.93. The monoisotopic (exact) mass is 274 g/mol. The second kappa shape index (κ2) is 6.48. The molecule has 0 spiro atoms. The van der Waals surface area contributed by atoms with E-state index >= 15 is 0 Å². The molecular weight excluding hydrogens is 246 g/mol. The van der Waals surface area contributed by atoms with Crippen LogP contribution in [0, 0.1) is 0 Å². The molecule has 1 aliphatic rings. The zero-order valence-electron chi connectivity index (χ0n) is 12.7. The van der Waals surface area contributed by atoms with Crippen molar-refractivity contribution in [3.63, 3.8) is 0 Å². The quantitative estimate of drug-likeness (QED) is 0.734. The molecule has 0 atom stereocenters. The molecule has 0 aliphatic carbocycles. The van der Waals surface area contributed by atoms with Crippen LogP contribution in [0.15, 0.2) is 0 Å². The highest BCUT2D eigenvalue weighted by atomic mass is 28.3. The highest BCUT2D eigenvalue weighted by molar-refractivity contribution is 6.44. The summed E-state index contributed by atoms with van der Waals surface area (Å²) in [6, 6.07) is 0. The zero-order chi connectivity index (χ0) is 13.8. The number of hydrogen-bond donors (Lipinski definition) is 0. The number of hydrogen-bond acceptors (Lipinski definition) is 4. The first-order valence-electron chi connectivity index (χ1n) is 6.70. The molecule has 1 radical (unpaired) electrons. The van der Waals surface area contributed by atoms with Gasteiger partial charge in [0.1, 0.15) is 0 Å². The third-order valence-electron chi connectivity index (χ3n) is 2.30. The largest absolute Gasteiger partial charge is 0.400 e. The third-order valence-corrected chi connectivity index (χ3v) is 4.68. The van der Waals surface area contributed by atoms with E-state index in [0.29, 0.717) is 0 Å². The van der Waals surface area contributed by atoms with Crippen LogP contribution in [-0.4, -0.2) is 57.9 Å². The van der Waals surface area contributed by atoms with Crippen molar-refractivity contribution in [2.45, 2.75) is 52.7 Å². The van der Waals surface area contributed by atoms with Gasteiger partial charge in [-0.25, -0.2) is 0 Å². The van der Waals surface area contributed by atoms with Crippen LogP contribution < -0.4 is 0 Å². The molecule has 1 heterocycles. The van der Waals surface area contributed by atoms with Crippen LogP contribution in [0.2, 0.25) is 0 Å². The number of rotatable bonds is 4. The lowest BCUT2D eigenvalue weighted by molar-refractivity contribution is 0.0111. The second-order valence-electron chi connectivity index (χ2n) is 6.69. The summed E-state index contributed by atoms with van der Waals surface area (Å²) in [5, 5.41) is 0. The van der Waals surface area contributed by atoms with Crippen LogP contribution in [0.5, 0.6) is 0 Å². The molecule has 107 valence electrons. The first-order chi connectivity index (χ1) is 8.16. The highest BCUT2D eigenvalue weighted by Gasteiger charge is 2.30. The summed E-state index contributed by atoms with van der Waals surface area (Å²) < 4.78 is 17.6. The molecule has 0 aromatic rings. The van der Waals surface area contributed by atoms with Crippen molar-refractivity contribution in [3.05, 3.63) is 0 Å². The Morgan fingerprint density at radius 3 is 1.78 bits per heavy atom. The molecule has 0 aromatic carbocycles. The summed E-state index contributed by atoms with van der Waals surface area (Å²) >= 11 is 0. The summed E-state index contributed by atoms with van der Waals surface area (Å²) in [6.45, 7) is 16.1. The highest BCUT2D eigenvalue weighted by Crippen LogP contribution is 2.16. The minimum atomic E-state index is -1.29. The van der Waals surface area contributed by atoms with Crippen molar-refractivity contribution in [2.75, 3.05) is 32.5 Å². The zero-order valence-corrected chi connectivity index (χ0v) is 13.7. The fourth-order valence-electron chi connectivity index (χ4n) is 1.71. The lowest BCUT2D eigenvalue weighted by Gasteiger charge is -2.34. The third kappa shape index (κ3) is 7.48. The molecule has 0 bridgehead atoms. The predicted molar refractivity (Wildman–Crippen MR) is 74.7 cm³/mol. The molecule has 18 heavy (non-hydrogen) atoms. The number of nitrogens with zero attached hydrogens (tertiary/aromatic N) is 1. The van der Waals surface area contributed by atoms with Gasteiger partial charge in [0.2, 0.25) is 0 Å². The molecule has 4 nitrogen and oxygen atoms in total. The van der Waals surface area contributed by atoms with E-state index < -0.39 is 9.28 Å². The van der Waals surface area contributed by atoms with Crippen molar-refractivity contribution in [1.82, 2.24) is 4.90 Å². The Morgan fingerprint density at radius 1 is 0.944 bits per heavy atom. The Bertz CT molecular complexity index is 226. The smallest absolute Gasteiger partial charge is 0.388 e. The van der Waals surface area contributed by atoms with E-state index in [4.69, 9.17) is 13.6 Å². The second-order valence-corrected chi connectivity index (χ2v) is 8.16. The van der Waals surface area contributed by atoms with Gasteiger partial charge in [-0.15, -0.1) is 0 Å². The van der Waals surface area contributed by atoms with Crippen molar-refractivity contribution < 1.29 is 13.6 Å². The summed E-state index contributed by atoms with van der Waals surface area (Å²) in [5.41, 5.74) is -0.294. The minimum absolute atomic E-state index is 0.147. The van der Waals surface area contributed by atoms with Gasteiger partial charge in [-0.3, -0.25) is 4.90 Å². The number of morpholine rings is 1. The molecule has 0 saturated carbocycles. The van der Waals surface area contributed by atoms with Gasteiger partial charge in [-0.2, -0.15) is 0 Å². The Balaban J connectivity index is 2.53. The standard InChI is InChI=1S/C13H28NO3Si/c1-12(2,3)16-18(17-13(4,5)6)11-14-7-9-15-10-8-14/h7-11H2,1-6H3. The van der Waals surface area contributed by atoms with Crippen molar-refractivity contribution in [2.24, 2.45) is 0 Å². The van der Waals surface area contributed by atoms with Crippen LogP contribution in [0.3, 0.4) is 0 Å². The molecule has 1 rings (SSSR count). The maximum Gasteiger partial charge on any atom is 0.400 e. The predicted octanol–water partition coefficient (Wildman–Crippen LogP) is 1.98. The van der Waals surface area contributed by atoms with Gasteiger partial charge >= 0.3 is 9.28 Å². The van der Waals surface area contributed by atoms with E-state index in [0.717, 1.165) is 32.5 Å². The molecule has 5 heteroatoms. The average Bonchev–Trinajstić information content (AvgIpc) is 2.13. The van der Waals surface area contributed by atoms with Crippen LogP contribution >= 0.6 is 0 Å². The van der Waals surface area contributed by atoms with Crippen molar-refractivity contribution in [3.8, 4) is 0 Å². The van der Waals surface area contributed by atoms with Crippen molar-refractivity contribution in [1.29, 1.82) is 0 Å². The lowest BCUT2D eigenvalue weighted by atomic mass is 10.2. The average molecular weight is 274 g/mol.